The molecule has 1 heterocycles. The number of hydrogen-bond donors (Lipinski definition) is 1. The van der Waals surface area contributed by atoms with Gasteiger partial charge in [-0.2, -0.15) is 0 Å². The highest BCUT2D eigenvalue weighted by Gasteiger charge is 2.45. The molecule has 100 valence electrons. The van der Waals surface area contributed by atoms with Gasteiger partial charge in [0.05, 0.1) is 5.41 Å². The van der Waals surface area contributed by atoms with Crippen LogP contribution in [0.25, 0.3) is 0 Å². The molecule has 1 aromatic rings. The average molecular weight is 507 g/mol. The molecule has 0 saturated carbocycles. The second kappa shape index (κ2) is 6.86. The van der Waals surface area contributed by atoms with Gasteiger partial charge in [-0.05, 0) is 36.6 Å². The summed E-state index contributed by atoms with van der Waals surface area (Å²) in [6, 6.07) is 5.97. The number of benzene rings is 1. The molecule has 0 spiro atoms. The summed E-state index contributed by atoms with van der Waals surface area (Å²) in [6.07, 6.45) is 1.63. The lowest BCUT2D eigenvalue weighted by molar-refractivity contribution is -0.121. The van der Waals surface area contributed by atoms with Crippen LogP contribution in [-0.2, 0) is 10.2 Å². The highest BCUT2D eigenvalue weighted by molar-refractivity contribution is 9.10. The van der Waals surface area contributed by atoms with Crippen LogP contribution in [0.5, 0.6) is 0 Å². The normalized spacial score (nSPS) is 15.8. The fraction of sp³-hybridized carbons (Fsp3) is 0.417. The molecular formula is C12H13Br4NO. The van der Waals surface area contributed by atoms with Gasteiger partial charge in [-0.15, -0.1) is 17.0 Å². The van der Waals surface area contributed by atoms with E-state index < -0.39 is 5.41 Å². The van der Waals surface area contributed by atoms with Crippen molar-refractivity contribution in [3.05, 3.63) is 28.2 Å². The first kappa shape index (κ1) is 16.7. The molecule has 0 radical (unpaired) electrons. The van der Waals surface area contributed by atoms with E-state index >= 15 is 0 Å². The molecular weight excluding hydrogens is 494 g/mol. The summed E-state index contributed by atoms with van der Waals surface area (Å²) in [5, 5.41) is 4.62. The van der Waals surface area contributed by atoms with Gasteiger partial charge in [-0.3, -0.25) is 4.79 Å². The summed E-state index contributed by atoms with van der Waals surface area (Å²) in [5.41, 5.74) is 1.66. The average Bonchev–Trinajstić information content (AvgIpc) is 2.54. The van der Waals surface area contributed by atoms with Crippen LogP contribution in [0.4, 0.5) is 5.69 Å². The predicted octanol–water partition coefficient (Wildman–Crippen LogP) is 4.79. The van der Waals surface area contributed by atoms with Crippen molar-refractivity contribution in [3.63, 3.8) is 0 Å². The van der Waals surface area contributed by atoms with E-state index in [4.69, 9.17) is 0 Å². The number of rotatable bonds is 4. The molecule has 1 N–H and O–H groups in total. The lowest BCUT2D eigenvalue weighted by Gasteiger charge is -2.26. The van der Waals surface area contributed by atoms with Gasteiger partial charge in [-0.25, -0.2) is 0 Å². The summed E-state index contributed by atoms with van der Waals surface area (Å²) in [6.45, 7) is 0. The van der Waals surface area contributed by atoms with E-state index in [0.717, 1.165) is 39.2 Å². The number of amides is 1. The molecule has 0 bridgehead atoms. The van der Waals surface area contributed by atoms with Crippen LogP contribution >= 0.6 is 64.8 Å². The minimum absolute atomic E-state index is 0. The van der Waals surface area contributed by atoms with Crippen LogP contribution in [0.15, 0.2) is 22.7 Å². The minimum Gasteiger partial charge on any atom is -0.325 e. The van der Waals surface area contributed by atoms with E-state index in [9.17, 15) is 4.79 Å². The summed E-state index contributed by atoms with van der Waals surface area (Å²) in [5.74, 6) is 0.115. The van der Waals surface area contributed by atoms with Crippen molar-refractivity contribution < 1.29 is 4.79 Å². The van der Waals surface area contributed by atoms with Crippen molar-refractivity contribution in [2.75, 3.05) is 16.0 Å². The quantitative estimate of drug-likeness (QED) is 0.585. The lowest BCUT2D eigenvalue weighted by atomic mass is 9.77. The molecule has 2 rings (SSSR count). The number of nitrogens with one attached hydrogen (secondary N) is 1. The second-order valence-corrected chi connectivity index (χ2v) is 6.61. The molecule has 1 aliphatic rings. The van der Waals surface area contributed by atoms with E-state index in [0.29, 0.717) is 0 Å². The van der Waals surface area contributed by atoms with Gasteiger partial charge in [-0.1, -0.05) is 47.8 Å². The Kier molecular flexibility index (Phi) is 6.35. The Hall–Kier alpha value is 0.610. The molecule has 0 saturated heterocycles. The molecule has 1 aliphatic heterocycles. The molecule has 6 heteroatoms. The van der Waals surface area contributed by atoms with Crippen LogP contribution in [0.2, 0.25) is 0 Å². The number of anilines is 1. The molecule has 0 fully saturated rings. The van der Waals surface area contributed by atoms with Crippen molar-refractivity contribution in [1.82, 2.24) is 0 Å². The smallest absolute Gasteiger partial charge is 0.235 e. The summed E-state index contributed by atoms with van der Waals surface area (Å²) < 4.78 is 1.02. The van der Waals surface area contributed by atoms with E-state index in [1.807, 2.05) is 12.1 Å². The van der Waals surface area contributed by atoms with Gasteiger partial charge in [0.15, 0.2) is 0 Å². The Morgan fingerprint density at radius 2 is 1.78 bits per heavy atom. The first-order valence-corrected chi connectivity index (χ1v) is 8.41. The largest absolute Gasteiger partial charge is 0.325 e. The molecule has 1 aromatic carbocycles. The predicted molar refractivity (Wildman–Crippen MR) is 91.6 cm³/mol. The van der Waals surface area contributed by atoms with Crippen LogP contribution in [0.1, 0.15) is 18.4 Å². The number of halogens is 4. The first-order chi connectivity index (χ1) is 8.14. The van der Waals surface area contributed by atoms with E-state index in [1.165, 1.54) is 0 Å². The summed E-state index contributed by atoms with van der Waals surface area (Å²) >= 11 is 10.4. The summed E-state index contributed by atoms with van der Waals surface area (Å²) in [4.78, 5) is 12.3. The number of alkyl halides is 2. The van der Waals surface area contributed by atoms with Gasteiger partial charge in [0.2, 0.25) is 5.91 Å². The van der Waals surface area contributed by atoms with Crippen LogP contribution < -0.4 is 5.32 Å². The topological polar surface area (TPSA) is 29.1 Å². The highest BCUT2D eigenvalue weighted by atomic mass is 79.9. The number of hydrogen-bond acceptors (Lipinski definition) is 1. The summed E-state index contributed by atoms with van der Waals surface area (Å²) in [7, 11) is 0. The Morgan fingerprint density at radius 3 is 2.33 bits per heavy atom. The van der Waals surface area contributed by atoms with E-state index in [2.05, 4.69) is 59.2 Å². The van der Waals surface area contributed by atoms with Gasteiger partial charge in [0.25, 0.3) is 0 Å². The van der Waals surface area contributed by atoms with Gasteiger partial charge < -0.3 is 5.32 Å². The zero-order chi connectivity index (χ0) is 12.5. The van der Waals surface area contributed by atoms with Crippen LogP contribution in [-0.4, -0.2) is 16.6 Å². The van der Waals surface area contributed by atoms with E-state index in [1.54, 1.807) is 0 Å². The minimum atomic E-state index is -0.397. The lowest BCUT2D eigenvalue weighted by Crippen LogP contribution is -2.35. The highest BCUT2D eigenvalue weighted by Crippen LogP contribution is 2.44. The molecule has 2 nitrogen and oxygen atoms in total. The Morgan fingerprint density at radius 1 is 1.17 bits per heavy atom. The second-order valence-electron chi connectivity index (χ2n) is 4.10. The molecule has 0 aliphatic carbocycles. The van der Waals surface area contributed by atoms with Crippen molar-refractivity contribution in [2.24, 2.45) is 0 Å². The zero-order valence-corrected chi connectivity index (χ0v) is 16.0. The van der Waals surface area contributed by atoms with Crippen LogP contribution in [0.3, 0.4) is 0 Å². The SMILES string of the molecule is Br.O=C1Nc2ccc(Br)cc2C1(CCBr)CCBr. The standard InChI is InChI=1S/C12H12Br3NO.BrH/c13-5-3-12(4-6-14)9-7-8(15)1-2-10(9)16-11(12)17;/h1-2,7H,3-6H2,(H,16,17);1H. The molecule has 18 heavy (non-hydrogen) atoms. The van der Waals surface area contributed by atoms with Crippen molar-refractivity contribution >= 4 is 76.4 Å². The number of fused-ring (bicyclic) bond motifs is 1. The number of carbonyl (C=O) groups excluding carboxylic acids is 1. The van der Waals surface area contributed by atoms with Crippen molar-refractivity contribution in [1.29, 1.82) is 0 Å². The van der Waals surface area contributed by atoms with Gasteiger partial charge in [0, 0.05) is 20.8 Å². The molecule has 0 atom stereocenters. The monoisotopic (exact) mass is 503 g/mol. The van der Waals surface area contributed by atoms with Crippen molar-refractivity contribution in [3.8, 4) is 0 Å². The molecule has 0 aromatic heterocycles. The van der Waals surface area contributed by atoms with Gasteiger partial charge >= 0.3 is 0 Å². The Balaban J connectivity index is 0.00000162. The third-order valence-electron chi connectivity index (χ3n) is 3.22. The Bertz CT molecular complexity index is 444. The third kappa shape index (κ3) is 2.86. The Labute approximate surface area is 142 Å². The molecule has 0 unspecified atom stereocenters. The maximum atomic E-state index is 12.3. The number of carbonyl (C=O) groups is 1. The zero-order valence-electron chi connectivity index (χ0n) is 9.51. The third-order valence-corrected chi connectivity index (χ3v) is 4.51. The fourth-order valence-electron chi connectivity index (χ4n) is 2.33. The maximum Gasteiger partial charge on any atom is 0.235 e. The van der Waals surface area contributed by atoms with Gasteiger partial charge in [0.1, 0.15) is 0 Å². The van der Waals surface area contributed by atoms with E-state index in [-0.39, 0.29) is 22.9 Å². The maximum absolute atomic E-state index is 12.3. The molecule has 1 amide bonds. The van der Waals surface area contributed by atoms with Crippen LogP contribution in [0, 0.1) is 0 Å². The first-order valence-electron chi connectivity index (χ1n) is 5.37. The van der Waals surface area contributed by atoms with Crippen molar-refractivity contribution in [2.45, 2.75) is 18.3 Å². The fourth-order valence-corrected chi connectivity index (χ4v) is 4.04.